The van der Waals surface area contributed by atoms with Crippen LogP contribution in [0.2, 0.25) is 0 Å². The summed E-state index contributed by atoms with van der Waals surface area (Å²) in [6, 6.07) is 0. The first-order chi connectivity index (χ1) is 12.3. The number of ketones is 1. The van der Waals surface area contributed by atoms with Crippen LogP contribution in [0.25, 0.3) is 0 Å². The molecule has 0 aromatic heterocycles. The van der Waals surface area contributed by atoms with Gasteiger partial charge in [-0.15, -0.1) is 0 Å². The Kier molecular flexibility index (Phi) is 4.20. The maximum atomic E-state index is 11.9. The molecule has 3 saturated carbocycles. The molecule has 4 aliphatic rings. The van der Waals surface area contributed by atoms with Crippen LogP contribution in [0.1, 0.15) is 72.1 Å². The summed E-state index contributed by atoms with van der Waals surface area (Å²) in [5.41, 5.74) is 3.24. The quantitative estimate of drug-likeness (QED) is 0.695. The molecule has 6 atom stereocenters. The molecule has 0 aromatic rings. The molecule has 0 aliphatic heterocycles. The molecule has 0 amide bonds. The Morgan fingerprint density at radius 3 is 2.58 bits per heavy atom. The highest BCUT2D eigenvalue weighted by Gasteiger charge is 2.57. The first-order valence-corrected chi connectivity index (χ1v) is 10.4. The van der Waals surface area contributed by atoms with E-state index in [1.54, 1.807) is 6.92 Å². The van der Waals surface area contributed by atoms with Gasteiger partial charge in [-0.3, -0.25) is 9.59 Å². The second-order valence-electron chi connectivity index (χ2n) is 9.78. The Labute approximate surface area is 156 Å². The molecule has 4 aliphatic carbocycles. The summed E-state index contributed by atoms with van der Waals surface area (Å²) >= 11 is 0. The number of rotatable bonds is 2. The fourth-order valence-electron chi connectivity index (χ4n) is 7.05. The molecule has 0 saturated heterocycles. The maximum absolute atomic E-state index is 11.9. The zero-order valence-electron chi connectivity index (χ0n) is 16.4. The van der Waals surface area contributed by atoms with Gasteiger partial charge in [-0.25, -0.2) is 0 Å². The minimum Gasteiger partial charge on any atom is -0.481 e. The summed E-state index contributed by atoms with van der Waals surface area (Å²) in [5, 5.41) is 9.32. The van der Waals surface area contributed by atoms with Crippen molar-refractivity contribution in [1.82, 2.24) is 0 Å². The summed E-state index contributed by atoms with van der Waals surface area (Å²) in [7, 11) is 0. The molecule has 3 heteroatoms. The first kappa shape index (κ1) is 18.0. The summed E-state index contributed by atoms with van der Waals surface area (Å²) < 4.78 is 0. The average molecular weight is 357 g/mol. The molecule has 0 aromatic carbocycles. The Balaban J connectivity index is 1.63. The molecule has 1 N–H and O–H groups in total. The third-order valence-electron chi connectivity index (χ3n) is 8.65. The molecular formula is C23H32O3. The van der Waals surface area contributed by atoms with Crippen LogP contribution in [0, 0.1) is 34.5 Å². The largest absolute Gasteiger partial charge is 0.481 e. The maximum Gasteiger partial charge on any atom is 0.310 e. The van der Waals surface area contributed by atoms with Gasteiger partial charge < -0.3 is 5.11 Å². The highest BCUT2D eigenvalue weighted by molar-refractivity contribution is 5.91. The van der Waals surface area contributed by atoms with Crippen molar-refractivity contribution in [2.75, 3.05) is 0 Å². The van der Waals surface area contributed by atoms with Crippen molar-refractivity contribution < 1.29 is 14.7 Å². The molecule has 0 bridgehead atoms. The van der Waals surface area contributed by atoms with Gasteiger partial charge in [0.1, 0.15) is 0 Å². The molecule has 0 heterocycles. The van der Waals surface area contributed by atoms with Gasteiger partial charge in [0.25, 0.3) is 0 Å². The van der Waals surface area contributed by atoms with E-state index in [2.05, 4.69) is 19.9 Å². The van der Waals surface area contributed by atoms with E-state index in [1.807, 2.05) is 6.08 Å². The van der Waals surface area contributed by atoms with Gasteiger partial charge in [0.15, 0.2) is 5.78 Å². The van der Waals surface area contributed by atoms with Crippen LogP contribution in [0.15, 0.2) is 23.3 Å². The molecule has 4 rings (SSSR count). The van der Waals surface area contributed by atoms with Gasteiger partial charge in [0.2, 0.25) is 0 Å². The molecule has 142 valence electrons. The topological polar surface area (TPSA) is 54.4 Å². The number of carboxylic acid groups (broad SMARTS) is 1. The van der Waals surface area contributed by atoms with E-state index in [9.17, 15) is 14.7 Å². The van der Waals surface area contributed by atoms with Gasteiger partial charge in [-0.05, 0) is 86.5 Å². The van der Waals surface area contributed by atoms with Crippen LogP contribution in [-0.2, 0) is 9.59 Å². The van der Waals surface area contributed by atoms with Crippen LogP contribution >= 0.6 is 0 Å². The molecule has 1 unspecified atom stereocenters. The van der Waals surface area contributed by atoms with Crippen LogP contribution in [0.4, 0.5) is 0 Å². The lowest BCUT2D eigenvalue weighted by atomic mass is 9.47. The number of aliphatic carboxylic acids is 1. The van der Waals surface area contributed by atoms with Gasteiger partial charge in [-0.2, -0.15) is 0 Å². The third kappa shape index (κ3) is 2.53. The highest BCUT2D eigenvalue weighted by Crippen LogP contribution is 2.66. The average Bonchev–Trinajstić information content (AvgIpc) is 2.92. The van der Waals surface area contributed by atoms with Crippen LogP contribution < -0.4 is 0 Å². The number of hydrogen-bond donors (Lipinski definition) is 1. The molecular weight excluding hydrogens is 324 g/mol. The normalized spacial score (nSPS) is 44.7. The number of carboxylic acids is 1. The van der Waals surface area contributed by atoms with Gasteiger partial charge in [0.05, 0.1) is 5.92 Å². The Bertz CT molecular complexity index is 702. The summed E-state index contributed by atoms with van der Waals surface area (Å²) in [4.78, 5) is 23.2. The number of carbonyl (C=O) groups is 2. The molecule has 0 spiro atoms. The molecule has 0 radical (unpaired) electrons. The predicted molar refractivity (Wildman–Crippen MR) is 102 cm³/mol. The molecule has 3 fully saturated rings. The van der Waals surface area contributed by atoms with Crippen molar-refractivity contribution in [3.05, 3.63) is 23.3 Å². The van der Waals surface area contributed by atoms with E-state index in [4.69, 9.17) is 0 Å². The minimum atomic E-state index is -0.718. The minimum absolute atomic E-state index is 0.187. The lowest BCUT2D eigenvalue weighted by Crippen LogP contribution is -2.49. The highest BCUT2D eigenvalue weighted by atomic mass is 16.4. The second kappa shape index (κ2) is 6.07. The smallest absolute Gasteiger partial charge is 0.310 e. The number of carbonyl (C=O) groups excluding carboxylic acids is 1. The van der Waals surface area contributed by atoms with Crippen molar-refractivity contribution in [3.8, 4) is 0 Å². The SMILES string of the molecule is CC(C=C1CC[C@H]2[C@@H]3CCC4=CC(=O)CC[C@]4(C)[C@H]3CC[C@]12C)C(=O)O. The fourth-order valence-corrected chi connectivity index (χ4v) is 7.05. The Morgan fingerprint density at radius 1 is 1.12 bits per heavy atom. The Hall–Kier alpha value is -1.38. The number of hydrogen-bond acceptors (Lipinski definition) is 2. The van der Waals surface area contributed by atoms with Crippen molar-refractivity contribution >= 4 is 11.8 Å². The zero-order chi connectivity index (χ0) is 18.7. The lowest BCUT2D eigenvalue weighted by Gasteiger charge is -2.57. The van der Waals surface area contributed by atoms with E-state index in [1.165, 1.54) is 36.8 Å². The predicted octanol–water partition coefficient (Wildman–Crippen LogP) is 5.17. The van der Waals surface area contributed by atoms with Crippen LogP contribution in [0.5, 0.6) is 0 Å². The fraction of sp³-hybridized carbons (Fsp3) is 0.739. The third-order valence-corrected chi connectivity index (χ3v) is 8.65. The molecule has 3 nitrogen and oxygen atoms in total. The van der Waals surface area contributed by atoms with Gasteiger partial charge in [-0.1, -0.05) is 31.1 Å². The van der Waals surface area contributed by atoms with Crippen molar-refractivity contribution in [3.63, 3.8) is 0 Å². The lowest BCUT2D eigenvalue weighted by molar-refractivity contribution is -0.139. The monoisotopic (exact) mass is 356 g/mol. The summed E-state index contributed by atoms with van der Waals surface area (Å²) in [6.07, 6.45) is 12.7. The van der Waals surface area contributed by atoms with E-state index < -0.39 is 5.97 Å². The van der Waals surface area contributed by atoms with E-state index >= 15 is 0 Å². The summed E-state index contributed by atoms with van der Waals surface area (Å²) in [6.45, 7) is 6.62. The zero-order valence-corrected chi connectivity index (χ0v) is 16.4. The number of allylic oxidation sites excluding steroid dienone is 2. The second-order valence-corrected chi connectivity index (χ2v) is 9.78. The van der Waals surface area contributed by atoms with E-state index in [0.29, 0.717) is 24.0 Å². The Morgan fingerprint density at radius 2 is 1.85 bits per heavy atom. The number of fused-ring (bicyclic) bond motifs is 5. The first-order valence-electron chi connectivity index (χ1n) is 10.4. The van der Waals surface area contributed by atoms with Crippen LogP contribution in [0.3, 0.4) is 0 Å². The standard InChI is InChI=1S/C23H32O3/c1-14(21(25)26)12-15-5-7-19-18-6-4-16-13-17(24)8-10-22(16,2)20(18)9-11-23(15,19)3/h12-14,18-20H,4-11H2,1-3H3,(H,25,26)/t14?,18-,19-,20-,22-,23+/m0/s1. The van der Waals surface area contributed by atoms with E-state index in [-0.39, 0.29) is 16.7 Å². The van der Waals surface area contributed by atoms with Gasteiger partial charge in [0, 0.05) is 6.42 Å². The van der Waals surface area contributed by atoms with Crippen molar-refractivity contribution in [2.45, 2.75) is 72.1 Å². The van der Waals surface area contributed by atoms with E-state index in [0.717, 1.165) is 25.2 Å². The summed E-state index contributed by atoms with van der Waals surface area (Å²) in [5.74, 6) is 1.33. The molecule has 26 heavy (non-hydrogen) atoms. The van der Waals surface area contributed by atoms with Gasteiger partial charge >= 0.3 is 5.97 Å². The van der Waals surface area contributed by atoms with Crippen molar-refractivity contribution in [1.29, 1.82) is 0 Å². The van der Waals surface area contributed by atoms with Crippen LogP contribution in [-0.4, -0.2) is 16.9 Å². The van der Waals surface area contributed by atoms with Crippen molar-refractivity contribution in [2.24, 2.45) is 34.5 Å².